The second kappa shape index (κ2) is 18.7. The first kappa shape index (κ1) is 40.2. The number of carbonyl (C=O) groups is 3. The average Bonchev–Trinajstić information content (AvgIpc) is 2.87. The van der Waals surface area contributed by atoms with Crippen LogP contribution in [0.1, 0.15) is 87.3 Å². The molecule has 0 aromatic heterocycles. The van der Waals surface area contributed by atoms with Crippen molar-refractivity contribution in [1.82, 2.24) is 0 Å². The van der Waals surface area contributed by atoms with E-state index < -0.39 is 29.1 Å². The van der Waals surface area contributed by atoms with Gasteiger partial charge in [-0.3, -0.25) is 4.90 Å². The highest BCUT2D eigenvalue weighted by Crippen LogP contribution is 2.19. The van der Waals surface area contributed by atoms with Gasteiger partial charge in [0.05, 0.1) is 13.2 Å². The zero-order valence-corrected chi connectivity index (χ0v) is 28.1. The minimum atomic E-state index is -1.06. The zero-order chi connectivity index (χ0) is 34.1. The number of hydrogen-bond acceptors (Lipinski definition) is 10. The number of aliphatic hydroxyl groups excluding tert-OH is 2. The Bertz CT molecular complexity index is 1140. The summed E-state index contributed by atoms with van der Waals surface area (Å²) in [4.78, 5) is 35.6. The molecule has 0 aliphatic carbocycles. The molecule has 0 saturated carbocycles. The molecular weight excluding hydrogens is 568 g/mol. The Morgan fingerprint density at radius 3 is 1.57 bits per heavy atom. The number of ether oxygens (including phenoxy) is 4. The lowest BCUT2D eigenvalue weighted by atomic mass is 10.2. The third-order valence-corrected chi connectivity index (χ3v) is 4.77. The number of nitrogens with zero attached hydrogens (tertiary/aromatic N) is 1. The van der Waals surface area contributed by atoms with Gasteiger partial charge in [-0.05, 0) is 112 Å². The molecule has 0 aliphatic heterocycles. The molecule has 2 rings (SSSR count). The summed E-state index contributed by atoms with van der Waals surface area (Å²) in [5.74, 6) is 0. The number of nitrogens with one attached hydrogen (secondary N) is 1. The van der Waals surface area contributed by atoms with E-state index in [4.69, 9.17) is 24.4 Å². The molecule has 2 aromatic rings. The van der Waals surface area contributed by atoms with Crippen LogP contribution in [-0.4, -0.2) is 58.5 Å². The van der Waals surface area contributed by atoms with Crippen molar-refractivity contribution in [2.24, 2.45) is 0 Å². The molecule has 11 nitrogen and oxygen atoms in total. The van der Waals surface area contributed by atoms with Crippen LogP contribution >= 0.6 is 0 Å². The second-order valence-electron chi connectivity index (χ2n) is 12.5. The van der Waals surface area contributed by atoms with E-state index in [0.29, 0.717) is 6.54 Å². The maximum atomic E-state index is 12.0. The largest absolute Gasteiger partial charge is 0.519 e. The summed E-state index contributed by atoms with van der Waals surface area (Å²) in [5.41, 5.74) is 1.62. The van der Waals surface area contributed by atoms with Crippen LogP contribution in [0, 0.1) is 0 Å². The van der Waals surface area contributed by atoms with Gasteiger partial charge in [0, 0.05) is 24.5 Å². The molecule has 3 N–H and O–H groups in total. The van der Waals surface area contributed by atoms with E-state index in [1.165, 1.54) is 0 Å². The first-order valence-corrected chi connectivity index (χ1v) is 14.5. The molecule has 0 bridgehead atoms. The van der Waals surface area contributed by atoms with Crippen LogP contribution in [0.2, 0.25) is 0 Å². The molecule has 1 amide bonds. The first-order valence-electron chi connectivity index (χ1n) is 14.5. The SMILES string of the molecule is CC(C)(C)OC(=O)OC(=O)OC(C)(C)C.CCN(C(=O)OC(C)(C)C)c1cccc(CO)c1.CCNc1cccc(CO)c1. The summed E-state index contributed by atoms with van der Waals surface area (Å²) in [6.45, 7) is 21.0. The Labute approximate surface area is 262 Å². The molecule has 248 valence electrons. The van der Waals surface area contributed by atoms with Gasteiger partial charge in [0.2, 0.25) is 0 Å². The first-order chi connectivity index (χ1) is 20.2. The number of aliphatic hydroxyl groups is 2. The number of amides is 1. The molecule has 0 heterocycles. The summed E-state index contributed by atoms with van der Waals surface area (Å²) in [7, 11) is 0. The lowest BCUT2D eigenvalue weighted by Crippen LogP contribution is -2.36. The molecular formula is C33H52N2O9. The predicted molar refractivity (Wildman–Crippen MR) is 172 cm³/mol. The number of rotatable bonds is 6. The standard InChI is InChI=1S/C14H21NO3.C10H18O5.C9H13NO/c1-5-15(13(17)18-14(2,3)4)12-8-6-7-11(9-12)10-16;1-9(2,3)14-7(11)13-8(12)15-10(4,5)6;1-2-10-9-5-3-4-8(6-9)7-11/h6-9,16H,5,10H2,1-4H3;1-6H3;3-6,10-11H,2,7H2,1H3. The van der Waals surface area contributed by atoms with Crippen LogP contribution in [0.25, 0.3) is 0 Å². The van der Waals surface area contributed by atoms with E-state index in [1.54, 1.807) is 52.5 Å². The summed E-state index contributed by atoms with van der Waals surface area (Å²) in [5, 5.41) is 21.1. The van der Waals surface area contributed by atoms with Crippen molar-refractivity contribution in [2.75, 3.05) is 23.3 Å². The van der Waals surface area contributed by atoms with Gasteiger partial charge in [-0.15, -0.1) is 0 Å². The third kappa shape index (κ3) is 19.4. The molecule has 2 aromatic carbocycles. The van der Waals surface area contributed by atoms with E-state index in [0.717, 1.165) is 29.0 Å². The second-order valence-corrected chi connectivity index (χ2v) is 12.5. The average molecular weight is 621 g/mol. The summed E-state index contributed by atoms with van der Waals surface area (Å²) in [6, 6.07) is 15.0. The van der Waals surface area contributed by atoms with Crippen molar-refractivity contribution in [2.45, 2.75) is 106 Å². The molecule has 0 radical (unpaired) electrons. The predicted octanol–water partition coefficient (Wildman–Crippen LogP) is 7.42. The molecule has 0 unspecified atom stereocenters. The maximum Gasteiger partial charge on any atom is 0.519 e. The van der Waals surface area contributed by atoms with Crippen molar-refractivity contribution in [1.29, 1.82) is 0 Å². The van der Waals surface area contributed by atoms with Crippen LogP contribution in [0.4, 0.5) is 25.8 Å². The van der Waals surface area contributed by atoms with Crippen LogP contribution < -0.4 is 10.2 Å². The number of hydrogen-bond donors (Lipinski definition) is 3. The van der Waals surface area contributed by atoms with Gasteiger partial charge < -0.3 is 34.5 Å². The van der Waals surface area contributed by atoms with E-state index in [9.17, 15) is 14.4 Å². The Morgan fingerprint density at radius 2 is 1.16 bits per heavy atom. The van der Waals surface area contributed by atoms with E-state index >= 15 is 0 Å². The molecule has 0 atom stereocenters. The highest BCUT2D eigenvalue weighted by atomic mass is 16.8. The molecule has 0 fully saturated rings. The fourth-order valence-electron chi connectivity index (χ4n) is 3.15. The van der Waals surface area contributed by atoms with Crippen molar-refractivity contribution < 1.29 is 43.5 Å². The van der Waals surface area contributed by atoms with Gasteiger partial charge in [0.15, 0.2) is 0 Å². The lowest BCUT2D eigenvalue weighted by molar-refractivity contribution is -0.0294. The maximum absolute atomic E-state index is 12.0. The van der Waals surface area contributed by atoms with Gasteiger partial charge >= 0.3 is 18.4 Å². The molecule has 44 heavy (non-hydrogen) atoms. The Balaban J connectivity index is 0.000000649. The molecule has 0 aliphatic rings. The van der Waals surface area contributed by atoms with Crippen molar-refractivity contribution >= 4 is 29.8 Å². The summed E-state index contributed by atoms with van der Waals surface area (Å²) < 4.78 is 19.1. The molecule has 0 spiro atoms. The van der Waals surface area contributed by atoms with Gasteiger partial charge in [-0.2, -0.15) is 0 Å². The lowest BCUT2D eigenvalue weighted by Gasteiger charge is -2.26. The van der Waals surface area contributed by atoms with Gasteiger partial charge in [0.25, 0.3) is 0 Å². The van der Waals surface area contributed by atoms with Crippen molar-refractivity contribution in [3.63, 3.8) is 0 Å². The highest BCUT2D eigenvalue weighted by molar-refractivity contribution is 5.87. The van der Waals surface area contributed by atoms with E-state index in [-0.39, 0.29) is 19.3 Å². The fourth-order valence-corrected chi connectivity index (χ4v) is 3.15. The van der Waals surface area contributed by atoms with E-state index in [1.807, 2.05) is 77.1 Å². The van der Waals surface area contributed by atoms with Crippen molar-refractivity contribution in [3.8, 4) is 0 Å². The summed E-state index contributed by atoms with van der Waals surface area (Å²) in [6.07, 6.45) is -2.49. The van der Waals surface area contributed by atoms with Crippen LogP contribution in [0.5, 0.6) is 0 Å². The number of carbonyl (C=O) groups excluding carboxylic acids is 3. The Kier molecular flexibility index (Phi) is 17.1. The van der Waals surface area contributed by atoms with Crippen LogP contribution in [-0.2, 0) is 32.2 Å². The number of benzene rings is 2. The molecule has 11 heteroatoms. The topological polar surface area (TPSA) is 144 Å². The van der Waals surface area contributed by atoms with Gasteiger partial charge in [-0.25, -0.2) is 14.4 Å². The monoisotopic (exact) mass is 620 g/mol. The van der Waals surface area contributed by atoms with Gasteiger partial charge in [-0.1, -0.05) is 24.3 Å². The van der Waals surface area contributed by atoms with Gasteiger partial charge in [0.1, 0.15) is 16.8 Å². The quantitative estimate of drug-likeness (QED) is 0.169. The summed E-state index contributed by atoms with van der Waals surface area (Å²) >= 11 is 0. The zero-order valence-electron chi connectivity index (χ0n) is 28.1. The van der Waals surface area contributed by atoms with Crippen molar-refractivity contribution in [3.05, 3.63) is 59.7 Å². The Morgan fingerprint density at radius 1 is 0.705 bits per heavy atom. The van der Waals surface area contributed by atoms with E-state index in [2.05, 4.69) is 10.1 Å². The van der Waals surface area contributed by atoms with Crippen LogP contribution in [0.15, 0.2) is 48.5 Å². The normalized spacial score (nSPS) is 11.0. The number of anilines is 2. The smallest absolute Gasteiger partial charge is 0.443 e. The molecule has 0 saturated heterocycles. The minimum Gasteiger partial charge on any atom is -0.443 e. The van der Waals surface area contributed by atoms with Crippen LogP contribution in [0.3, 0.4) is 0 Å². The minimum absolute atomic E-state index is 0.0420. The Hall–Kier alpha value is -3.83. The third-order valence-electron chi connectivity index (χ3n) is 4.77. The fraction of sp³-hybridized carbons (Fsp3) is 0.545. The highest BCUT2D eigenvalue weighted by Gasteiger charge is 2.24.